The summed E-state index contributed by atoms with van der Waals surface area (Å²) < 4.78 is 0. The number of nitrogens with zero attached hydrogens (tertiary/aromatic N) is 1. The van der Waals surface area contributed by atoms with E-state index in [4.69, 9.17) is 12.2 Å². The zero-order valence-electron chi connectivity index (χ0n) is 8.65. The van der Waals surface area contributed by atoms with Crippen LogP contribution < -0.4 is 5.32 Å². The van der Waals surface area contributed by atoms with Gasteiger partial charge in [0.2, 0.25) is 0 Å². The van der Waals surface area contributed by atoms with Gasteiger partial charge in [-0.3, -0.25) is 24.6 Å². The van der Waals surface area contributed by atoms with Gasteiger partial charge in [-0.15, -0.1) is 6.58 Å². The molecule has 1 rings (SSSR count). The van der Waals surface area contributed by atoms with E-state index in [0.717, 1.165) is 6.08 Å². The average Bonchev–Trinajstić information content (AvgIpc) is 2.19. The highest BCUT2D eigenvalue weighted by Crippen LogP contribution is 2.09. The van der Waals surface area contributed by atoms with Gasteiger partial charge in [0.05, 0.1) is 0 Å². The van der Waals surface area contributed by atoms with Crippen LogP contribution in [0.3, 0.4) is 0 Å². The molecular weight excluding hydrogens is 228 g/mol. The van der Waals surface area contributed by atoms with Crippen molar-refractivity contribution in [1.82, 2.24) is 10.2 Å². The summed E-state index contributed by atoms with van der Waals surface area (Å²) in [5, 5.41) is 2.35. The van der Waals surface area contributed by atoms with Gasteiger partial charge in [-0.05, 0) is 25.2 Å². The molecule has 5 nitrogen and oxygen atoms in total. The maximum absolute atomic E-state index is 11.8. The van der Waals surface area contributed by atoms with Gasteiger partial charge in [0.1, 0.15) is 5.57 Å². The van der Waals surface area contributed by atoms with Crippen molar-refractivity contribution in [3.63, 3.8) is 0 Å². The molecule has 2 amide bonds. The molecule has 84 valence electrons. The number of rotatable bonds is 3. The first kappa shape index (κ1) is 12.3. The van der Waals surface area contributed by atoms with E-state index in [-0.39, 0.29) is 23.0 Å². The lowest BCUT2D eigenvalue weighted by molar-refractivity contribution is -0.129. The number of hydrogen-bond donors (Lipinski definition) is 1. The highest BCUT2D eigenvalue weighted by atomic mass is 32.1. The van der Waals surface area contributed by atoms with Crippen LogP contribution in [0.2, 0.25) is 0 Å². The lowest BCUT2D eigenvalue weighted by Crippen LogP contribution is -2.54. The van der Waals surface area contributed by atoms with Gasteiger partial charge in [0.15, 0.2) is 10.9 Å². The molecule has 0 unspecified atom stereocenters. The van der Waals surface area contributed by atoms with Crippen LogP contribution in [0.4, 0.5) is 0 Å². The lowest BCUT2D eigenvalue weighted by Gasteiger charge is -2.27. The fourth-order valence-electron chi connectivity index (χ4n) is 1.19. The summed E-state index contributed by atoms with van der Waals surface area (Å²) in [6.45, 7) is 4.93. The molecule has 6 heteroatoms. The number of ketones is 1. The summed E-state index contributed by atoms with van der Waals surface area (Å²) in [7, 11) is 0. The van der Waals surface area contributed by atoms with Crippen LogP contribution in [0.25, 0.3) is 0 Å². The Morgan fingerprint density at radius 3 is 2.69 bits per heavy atom. The Balaban J connectivity index is 3.08. The van der Waals surface area contributed by atoms with Crippen molar-refractivity contribution in [2.75, 3.05) is 6.54 Å². The molecule has 1 aliphatic heterocycles. The maximum atomic E-state index is 11.8. The predicted molar refractivity (Wildman–Crippen MR) is 61.4 cm³/mol. The third-order valence-electron chi connectivity index (χ3n) is 1.85. The van der Waals surface area contributed by atoms with E-state index in [9.17, 15) is 14.4 Å². The van der Waals surface area contributed by atoms with Crippen molar-refractivity contribution in [2.45, 2.75) is 6.92 Å². The molecule has 0 aliphatic carbocycles. The fourth-order valence-corrected chi connectivity index (χ4v) is 1.44. The Labute approximate surface area is 97.8 Å². The summed E-state index contributed by atoms with van der Waals surface area (Å²) in [6, 6.07) is 0. The van der Waals surface area contributed by atoms with Gasteiger partial charge < -0.3 is 0 Å². The normalized spacial score (nSPS) is 18.7. The number of thiocarbonyl (C=S) groups is 1. The number of carbonyl (C=O) groups excluding carboxylic acids is 3. The molecule has 0 aromatic heterocycles. The van der Waals surface area contributed by atoms with Crippen LogP contribution in [0.5, 0.6) is 0 Å². The molecule has 1 N–H and O–H groups in total. The Bertz CT molecular complexity index is 426. The van der Waals surface area contributed by atoms with Crippen molar-refractivity contribution in [3.8, 4) is 0 Å². The average molecular weight is 238 g/mol. The Morgan fingerprint density at radius 2 is 2.19 bits per heavy atom. The number of hydrogen-bond acceptors (Lipinski definition) is 4. The largest absolute Gasteiger partial charge is 0.298 e. The SMILES string of the molecule is C=CCN1C(=O)C(=CC(C)=O)C(=O)NC1=S. The van der Waals surface area contributed by atoms with Gasteiger partial charge in [0, 0.05) is 6.54 Å². The summed E-state index contributed by atoms with van der Waals surface area (Å²) in [5.41, 5.74) is -0.206. The van der Waals surface area contributed by atoms with E-state index in [1.165, 1.54) is 17.9 Å². The smallest absolute Gasteiger partial charge is 0.266 e. The van der Waals surface area contributed by atoms with Crippen molar-refractivity contribution in [1.29, 1.82) is 0 Å². The van der Waals surface area contributed by atoms with Crippen LogP contribution in [-0.4, -0.2) is 34.2 Å². The molecule has 1 saturated heterocycles. The molecule has 16 heavy (non-hydrogen) atoms. The molecule has 0 spiro atoms. The van der Waals surface area contributed by atoms with E-state index in [1.54, 1.807) is 0 Å². The predicted octanol–water partition coefficient (Wildman–Crippen LogP) is -0.0689. The number of allylic oxidation sites excluding steroid dienone is 1. The van der Waals surface area contributed by atoms with Crippen LogP contribution in [0, 0.1) is 0 Å². The first-order valence-corrected chi connectivity index (χ1v) is 4.88. The highest BCUT2D eigenvalue weighted by molar-refractivity contribution is 7.80. The maximum Gasteiger partial charge on any atom is 0.266 e. The second-order valence-electron chi connectivity index (χ2n) is 3.13. The number of carbonyl (C=O) groups is 3. The quantitative estimate of drug-likeness (QED) is 0.323. The topological polar surface area (TPSA) is 66.5 Å². The summed E-state index contributed by atoms with van der Waals surface area (Å²) in [5.74, 6) is -1.60. The molecule has 0 atom stereocenters. The molecule has 1 aliphatic rings. The minimum Gasteiger partial charge on any atom is -0.298 e. The van der Waals surface area contributed by atoms with Gasteiger partial charge in [-0.1, -0.05) is 6.08 Å². The van der Waals surface area contributed by atoms with Crippen LogP contribution in [-0.2, 0) is 14.4 Å². The van der Waals surface area contributed by atoms with E-state index in [0.29, 0.717) is 0 Å². The Kier molecular flexibility index (Phi) is 3.68. The monoisotopic (exact) mass is 238 g/mol. The van der Waals surface area contributed by atoms with Crippen molar-refractivity contribution in [3.05, 3.63) is 24.3 Å². The molecule has 0 aromatic rings. The number of nitrogens with one attached hydrogen (secondary N) is 1. The van der Waals surface area contributed by atoms with E-state index >= 15 is 0 Å². The highest BCUT2D eigenvalue weighted by Gasteiger charge is 2.32. The molecule has 0 aromatic carbocycles. The van der Waals surface area contributed by atoms with Crippen LogP contribution >= 0.6 is 12.2 Å². The van der Waals surface area contributed by atoms with E-state index in [2.05, 4.69) is 11.9 Å². The van der Waals surface area contributed by atoms with Crippen LogP contribution in [0.15, 0.2) is 24.3 Å². The van der Waals surface area contributed by atoms with Crippen LogP contribution in [0.1, 0.15) is 6.92 Å². The van der Waals surface area contributed by atoms with Crippen molar-refractivity contribution in [2.24, 2.45) is 0 Å². The second-order valence-corrected chi connectivity index (χ2v) is 3.52. The molecule has 0 saturated carbocycles. The van der Waals surface area contributed by atoms with E-state index in [1.807, 2.05) is 0 Å². The molecule has 0 radical (unpaired) electrons. The second kappa shape index (κ2) is 4.80. The third kappa shape index (κ3) is 2.40. The molecular formula is C10H10N2O3S. The van der Waals surface area contributed by atoms with Crippen molar-refractivity contribution < 1.29 is 14.4 Å². The minimum atomic E-state index is -0.648. The zero-order valence-corrected chi connectivity index (χ0v) is 9.47. The van der Waals surface area contributed by atoms with E-state index < -0.39 is 11.8 Å². The first-order chi connectivity index (χ1) is 7.47. The van der Waals surface area contributed by atoms with Crippen molar-refractivity contribution >= 4 is 34.9 Å². The summed E-state index contributed by atoms with van der Waals surface area (Å²) >= 11 is 4.83. The zero-order chi connectivity index (χ0) is 12.3. The molecule has 1 heterocycles. The standard InChI is InChI=1S/C10H10N2O3S/c1-3-4-12-9(15)7(5-6(2)13)8(14)11-10(12)16/h3,5H,1,4H2,2H3,(H,11,14,16). The van der Waals surface area contributed by atoms with Gasteiger partial charge in [-0.25, -0.2) is 0 Å². The first-order valence-electron chi connectivity index (χ1n) is 4.47. The fraction of sp³-hybridized carbons (Fsp3) is 0.200. The number of amides is 2. The third-order valence-corrected chi connectivity index (χ3v) is 2.17. The summed E-state index contributed by atoms with van der Waals surface area (Å²) in [4.78, 5) is 35.2. The Morgan fingerprint density at radius 1 is 1.56 bits per heavy atom. The minimum absolute atomic E-state index is 0.0237. The Hall–Kier alpha value is -1.82. The molecule has 1 fully saturated rings. The van der Waals surface area contributed by atoms with Gasteiger partial charge >= 0.3 is 0 Å². The molecule has 0 bridgehead atoms. The van der Waals surface area contributed by atoms with Gasteiger partial charge in [-0.2, -0.15) is 0 Å². The van der Waals surface area contributed by atoms with Gasteiger partial charge in [0.25, 0.3) is 11.8 Å². The summed E-state index contributed by atoms with van der Waals surface area (Å²) in [6.07, 6.45) is 2.47. The lowest BCUT2D eigenvalue weighted by atomic mass is 10.1.